The van der Waals surface area contributed by atoms with Crippen molar-refractivity contribution in [1.29, 1.82) is 0 Å². The SMILES string of the molecule is Cc1oc(-c2ccccc2)nc1CC(=O)Nc1ccc[nH]c1=O. The summed E-state index contributed by atoms with van der Waals surface area (Å²) in [7, 11) is 0. The summed E-state index contributed by atoms with van der Waals surface area (Å²) in [5.41, 5.74) is 1.26. The number of pyridine rings is 1. The average Bonchev–Trinajstić information content (AvgIpc) is 2.91. The van der Waals surface area contributed by atoms with Gasteiger partial charge in [0, 0.05) is 11.8 Å². The van der Waals surface area contributed by atoms with Crippen LogP contribution in [0.5, 0.6) is 0 Å². The van der Waals surface area contributed by atoms with Gasteiger partial charge in [0.05, 0.1) is 12.1 Å². The van der Waals surface area contributed by atoms with E-state index in [1.54, 1.807) is 19.1 Å². The standard InChI is InChI=1S/C17H15N3O3/c1-11-14(20-17(23-11)12-6-3-2-4-7-12)10-15(21)19-13-8-5-9-18-16(13)22/h2-9H,10H2,1H3,(H,18,22)(H,19,21). The van der Waals surface area contributed by atoms with Crippen molar-refractivity contribution in [2.24, 2.45) is 0 Å². The fraction of sp³-hybridized carbons (Fsp3) is 0.118. The van der Waals surface area contributed by atoms with Gasteiger partial charge in [0.2, 0.25) is 11.8 Å². The minimum absolute atomic E-state index is 0.0382. The molecule has 3 aromatic rings. The number of hydrogen-bond acceptors (Lipinski definition) is 4. The third-order valence-electron chi connectivity index (χ3n) is 3.33. The van der Waals surface area contributed by atoms with Crippen LogP contribution in [0.1, 0.15) is 11.5 Å². The van der Waals surface area contributed by atoms with E-state index in [0.717, 1.165) is 5.56 Å². The first-order valence-electron chi connectivity index (χ1n) is 7.13. The summed E-state index contributed by atoms with van der Waals surface area (Å²) in [6.07, 6.45) is 1.54. The zero-order valence-electron chi connectivity index (χ0n) is 12.5. The number of oxazole rings is 1. The molecule has 0 aliphatic rings. The number of hydrogen-bond donors (Lipinski definition) is 2. The highest BCUT2D eigenvalue weighted by Gasteiger charge is 2.15. The van der Waals surface area contributed by atoms with Crippen LogP contribution < -0.4 is 10.9 Å². The van der Waals surface area contributed by atoms with Gasteiger partial charge in [-0.3, -0.25) is 9.59 Å². The number of benzene rings is 1. The van der Waals surface area contributed by atoms with E-state index in [1.807, 2.05) is 30.3 Å². The van der Waals surface area contributed by atoms with Gasteiger partial charge in [0.1, 0.15) is 11.4 Å². The summed E-state index contributed by atoms with van der Waals surface area (Å²) in [5.74, 6) is 0.738. The minimum Gasteiger partial charge on any atom is -0.441 e. The molecule has 116 valence electrons. The molecule has 0 aliphatic heterocycles. The van der Waals surface area contributed by atoms with Gasteiger partial charge in [-0.05, 0) is 31.2 Å². The van der Waals surface area contributed by atoms with Crippen LogP contribution in [0.4, 0.5) is 5.69 Å². The van der Waals surface area contributed by atoms with Gasteiger partial charge in [-0.1, -0.05) is 18.2 Å². The first kappa shape index (κ1) is 14.8. The first-order chi connectivity index (χ1) is 11.1. The smallest absolute Gasteiger partial charge is 0.271 e. The molecule has 2 aromatic heterocycles. The molecule has 0 aliphatic carbocycles. The molecule has 2 heterocycles. The second-order valence-corrected chi connectivity index (χ2v) is 5.03. The summed E-state index contributed by atoms with van der Waals surface area (Å²) in [4.78, 5) is 30.5. The van der Waals surface area contributed by atoms with E-state index in [1.165, 1.54) is 6.20 Å². The Kier molecular flexibility index (Phi) is 4.05. The van der Waals surface area contributed by atoms with Crippen LogP contribution in [0, 0.1) is 6.92 Å². The Bertz CT molecular complexity index is 881. The molecule has 0 fully saturated rings. The van der Waals surface area contributed by atoms with E-state index < -0.39 is 0 Å². The van der Waals surface area contributed by atoms with Crippen LogP contribution >= 0.6 is 0 Å². The lowest BCUT2D eigenvalue weighted by Crippen LogP contribution is -2.21. The predicted molar refractivity (Wildman–Crippen MR) is 86.1 cm³/mol. The third-order valence-corrected chi connectivity index (χ3v) is 3.33. The average molecular weight is 309 g/mol. The summed E-state index contributed by atoms with van der Waals surface area (Å²) in [5, 5.41) is 2.57. The normalized spacial score (nSPS) is 10.5. The Balaban J connectivity index is 1.76. The van der Waals surface area contributed by atoms with Gasteiger partial charge in [-0.15, -0.1) is 0 Å². The highest BCUT2D eigenvalue weighted by molar-refractivity contribution is 5.91. The van der Waals surface area contributed by atoms with E-state index in [4.69, 9.17) is 4.42 Å². The van der Waals surface area contributed by atoms with E-state index in [2.05, 4.69) is 15.3 Å². The summed E-state index contributed by atoms with van der Waals surface area (Å²) >= 11 is 0. The molecule has 0 spiro atoms. The third kappa shape index (κ3) is 3.37. The fourth-order valence-corrected chi connectivity index (χ4v) is 2.16. The molecule has 6 heteroatoms. The molecule has 3 rings (SSSR count). The van der Waals surface area contributed by atoms with Gasteiger partial charge < -0.3 is 14.7 Å². The number of carbonyl (C=O) groups is 1. The second-order valence-electron chi connectivity index (χ2n) is 5.03. The molecule has 0 bridgehead atoms. The molecule has 0 radical (unpaired) electrons. The number of nitrogens with one attached hydrogen (secondary N) is 2. The number of nitrogens with zero attached hydrogens (tertiary/aromatic N) is 1. The number of H-pyrrole nitrogens is 1. The lowest BCUT2D eigenvalue weighted by Gasteiger charge is -2.02. The van der Waals surface area contributed by atoms with E-state index in [0.29, 0.717) is 17.3 Å². The Labute approximate surface area is 132 Å². The highest BCUT2D eigenvalue weighted by atomic mass is 16.4. The maximum Gasteiger partial charge on any atom is 0.271 e. The molecule has 23 heavy (non-hydrogen) atoms. The summed E-state index contributed by atoms with van der Waals surface area (Å²) < 4.78 is 5.62. The molecular weight excluding hydrogens is 294 g/mol. The summed E-state index contributed by atoms with van der Waals surface area (Å²) in [6.45, 7) is 1.76. The van der Waals surface area contributed by atoms with Crippen molar-refractivity contribution in [3.05, 3.63) is 70.5 Å². The molecule has 1 amide bonds. The van der Waals surface area contributed by atoms with Crippen molar-refractivity contribution in [1.82, 2.24) is 9.97 Å². The molecular formula is C17H15N3O3. The van der Waals surface area contributed by atoms with Crippen LogP contribution in [-0.4, -0.2) is 15.9 Å². The number of aromatic amines is 1. The number of aryl methyl sites for hydroxylation is 1. The van der Waals surface area contributed by atoms with E-state index in [-0.39, 0.29) is 23.6 Å². The zero-order chi connectivity index (χ0) is 16.2. The lowest BCUT2D eigenvalue weighted by molar-refractivity contribution is -0.115. The van der Waals surface area contributed by atoms with Crippen molar-refractivity contribution in [2.75, 3.05) is 5.32 Å². The van der Waals surface area contributed by atoms with Crippen LogP contribution in [0.25, 0.3) is 11.5 Å². The minimum atomic E-state index is -0.345. The maximum absolute atomic E-state index is 12.1. The Morgan fingerprint density at radius 3 is 2.74 bits per heavy atom. The lowest BCUT2D eigenvalue weighted by atomic mass is 10.2. The topological polar surface area (TPSA) is 88.0 Å². The van der Waals surface area contributed by atoms with E-state index >= 15 is 0 Å². The molecule has 6 nitrogen and oxygen atoms in total. The summed E-state index contributed by atoms with van der Waals surface area (Å²) in [6, 6.07) is 12.7. The number of rotatable bonds is 4. The Morgan fingerprint density at radius 1 is 1.22 bits per heavy atom. The number of amides is 1. The number of anilines is 1. The monoisotopic (exact) mass is 309 g/mol. The van der Waals surface area contributed by atoms with Crippen molar-refractivity contribution in [2.45, 2.75) is 13.3 Å². The number of aromatic nitrogens is 2. The Hall–Kier alpha value is -3.15. The predicted octanol–water partition coefficient (Wildman–Crippen LogP) is 2.52. The Morgan fingerprint density at radius 2 is 2.00 bits per heavy atom. The molecule has 2 N–H and O–H groups in total. The van der Waals surface area contributed by atoms with Crippen LogP contribution in [0.15, 0.2) is 57.9 Å². The van der Waals surface area contributed by atoms with Crippen LogP contribution in [0.2, 0.25) is 0 Å². The molecule has 0 atom stereocenters. The zero-order valence-corrected chi connectivity index (χ0v) is 12.5. The second kappa shape index (κ2) is 6.31. The molecule has 1 aromatic carbocycles. The molecule has 0 unspecified atom stereocenters. The first-order valence-corrected chi connectivity index (χ1v) is 7.13. The van der Waals surface area contributed by atoms with Crippen LogP contribution in [-0.2, 0) is 11.2 Å². The van der Waals surface area contributed by atoms with E-state index in [9.17, 15) is 9.59 Å². The number of carbonyl (C=O) groups excluding carboxylic acids is 1. The van der Waals surface area contributed by atoms with Crippen molar-refractivity contribution in [3.8, 4) is 11.5 Å². The maximum atomic E-state index is 12.1. The molecule has 0 saturated carbocycles. The largest absolute Gasteiger partial charge is 0.441 e. The van der Waals surface area contributed by atoms with Gasteiger partial charge in [-0.2, -0.15) is 0 Å². The fourth-order valence-electron chi connectivity index (χ4n) is 2.16. The molecule has 0 saturated heterocycles. The van der Waals surface area contributed by atoms with Gasteiger partial charge in [-0.25, -0.2) is 4.98 Å². The van der Waals surface area contributed by atoms with Gasteiger partial charge >= 0.3 is 0 Å². The van der Waals surface area contributed by atoms with Crippen molar-refractivity contribution in [3.63, 3.8) is 0 Å². The van der Waals surface area contributed by atoms with Gasteiger partial charge in [0.25, 0.3) is 5.56 Å². The van der Waals surface area contributed by atoms with Crippen molar-refractivity contribution >= 4 is 11.6 Å². The highest BCUT2D eigenvalue weighted by Crippen LogP contribution is 2.21. The van der Waals surface area contributed by atoms with Crippen molar-refractivity contribution < 1.29 is 9.21 Å². The van der Waals surface area contributed by atoms with Crippen LogP contribution in [0.3, 0.4) is 0 Å². The van der Waals surface area contributed by atoms with Gasteiger partial charge in [0.15, 0.2) is 0 Å². The quantitative estimate of drug-likeness (QED) is 0.775.